The Morgan fingerprint density at radius 3 is 2.43 bits per heavy atom. The molecule has 0 aliphatic carbocycles. The standard InChI is InChI=1S/C24H24BrNO2/c1-4-27-24-14-20(15-26-22-13-17(2)5-6-18(22)3)9-12-23(24)28-16-19-7-10-21(25)11-8-19/h5-15H,4,16H2,1-3H3. The lowest BCUT2D eigenvalue weighted by Gasteiger charge is -2.13. The van der Waals surface area contributed by atoms with Crippen LogP contribution >= 0.6 is 15.9 Å². The lowest BCUT2D eigenvalue weighted by atomic mass is 10.1. The molecule has 4 heteroatoms. The average molecular weight is 438 g/mol. The summed E-state index contributed by atoms with van der Waals surface area (Å²) in [5.74, 6) is 1.46. The number of ether oxygens (including phenoxy) is 2. The molecule has 3 aromatic rings. The molecule has 3 nitrogen and oxygen atoms in total. The Kier molecular flexibility index (Phi) is 6.88. The predicted molar refractivity (Wildman–Crippen MR) is 119 cm³/mol. The van der Waals surface area contributed by atoms with Crippen LogP contribution in [0, 0.1) is 13.8 Å². The van der Waals surface area contributed by atoms with Crippen LogP contribution in [0.25, 0.3) is 0 Å². The van der Waals surface area contributed by atoms with Crippen LogP contribution in [-0.4, -0.2) is 12.8 Å². The van der Waals surface area contributed by atoms with Crippen molar-refractivity contribution in [1.82, 2.24) is 0 Å². The minimum atomic E-state index is 0.489. The number of halogens is 1. The highest BCUT2D eigenvalue weighted by Gasteiger charge is 2.07. The first kappa shape index (κ1) is 20.2. The van der Waals surface area contributed by atoms with E-state index in [9.17, 15) is 0 Å². The molecule has 0 radical (unpaired) electrons. The van der Waals surface area contributed by atoms with Crippen molar-refractivity contribution in [3.8, 4) is 11.5 Å². The number of hydrogen-bond donors (Lipinski definition) is 0. The second kappa shape index (κ2) is 9.56. The number of aryl methyl sites for hydroxylation is 2. The van der Waals surface area contributed by atoms with Crippen LogP contribution in [0.1, 0.15) is 29.2 Å². The molecule has 0 aliphatic heterocycles. The Bertz CT molecular complexity index is 965. The fourth-order valence-corrected chi connectivity index (χ4v) is 3.00. The summed E-state index contributed by atoms with van der Waals surface area (Å²) < 4.78 is 12.8. The maximum Gasteiger partial charge on any atom is 0.161 e. The fourth-order valence-electron chi connectivity index (χ4n) is 2.74. The van der Waals surface area contributed by atoms with Gasteiger partial charge >= 0.3 is 0 Å². The fraction of sp³-hybridized carbons (Fsp3) is 0.208. The zero-order chi connectivity index (χ0) is 19.9. The molecule has 3 aromatic carbocycles. The van der Waals surface area contributed by atoms with E-state index in [1.807, 2.05) is 55.6 Å². The highest BCUT2D eigenvalue weighted by atomic mass is 79.9. The summed E-state index contributed by atoms with van der Waals surface area (Å²) in [7, 11) is 0. The monoisotopic (exact) mass is 437 g/mol. The van der Waals surface area contributed by atoms with Gasteiger partial charge in [0.15, 0.2) is 11.5 Å². The summed E-state index contributed by atoms with van der Waals surface area (Å²) in [5, 5.41) is 0. The summed E-state index contributed by atoms with van der Waals surface area (Å²) in [6, 6.07) is 20.3. The van der Waals surface area contributed by atoms with Crippen LogP contribution in [0.3, 0.4) is 0 Å². The number of hydrogen-bond acceptors (Lipinski definition) is 3. The van der Waals surface area contributed by atoms with Gasteiger partial charge in [-0.15, -0.1) is 0 Å². The van der Waals surface area contributed by atoms with Gasteiger partial charge in [0.1, 0.15) is 6.61 Å². The molecule has 144 valence electrons. The highest BCUT2D eigenvalue weighted by molar-refractivity contribution is 9.10. The smallest absolute Gasteiger partial charge is 0.161 e. The third-order valence-electron chi connectivity index (χ3n) is 4.29. The molecule has 0 amide bonds. The van der Waals surface area contributed by atoms with E-state index in [0.717, 1.165) is 38.3 Å². The molecule has 0 saturated heterocycles. The van der Waals surface area contributed by atoms with E-state index in [1.165, 1.54) is 5.56 Å². The summed E-state index contributed by atoms with van der Waals surface area (Å²) in [6.07, 6.45) is 1.86. The Morgan fingerprint density at radius 2 is 1.68 bits per heavy atom. The van der Waals surface area contributed by atoms with E-state index in [4.69, 9.17) is 9.47 Å². The van der Waals surface area contributed by atoms with E-state index in [1.54, 1.807) is 0 Å². The van der Waals surface area contributed by atoms with Crippen molar-refractivity contribution in [3.05, 3.63) is 87.4 Å². The van der Waals surface area contributed by atoms with E-state index in [-0.39, 0.29) is 0 Å². The molecule has 28 heavy (non-hydrogen) atoms. The lowest BCUT2D eigenvalue weighted by Crippen LogP contribution is -2.00. The van der Waals surface area contributed by atoms with Gasteiger partial charge in [-0.3, -0.25) is 4.99 Å². The number of benzene rings is 3. The van der Waals surface area contributed by atoms with Crippen molar-refractivity contribution in [2.45, 2.75) is 27.4 Å². The van der Waals surface area contributed by atoms with E-state index < -0.39 is 0 Å². The molecule has 3 rings (SSSR count). The Labute approximate surface area is 175 Å². The third-order valence-corrected chi connectivity index (χ3v) is 4.82. The number of aliphatic imine (C=N–C) groups is 1. The van der Waals surface area contributed by atoms with Crippen molar-refractivity contribution in [3.63, 3.8) is 0 Å². The zero-order valence-electron chi connectivity index (χ0n) is 16.4. The van der Waals surface area contributed by atoms with Crippen LogP contribution in [0.15, 0.2) is 70.1 Å². The first-order chi connectivity index (χ1) is 13.5. The van der Waals surface area contributed by atoms with Crippen LogP contribution in [0.5, 0.6) is 11.5 Å². The minimum Gasteiger partial charge on any atom is -0.490 e. The van der Waals surface area contributed by atoms with Gasteiger partial charge in [0.05, 0.1) is 12.3 Å². The molecule has 0 aromatic heterocycles. The van der Waals surface area contributed by atoms with E-state index in [0.29, 0.717) is 13.2 Å². The summed E-state index contributed by atoms with van der Waals surface area (Å²) in [4.78, 5) is 4.64. The molecule has 0 atom stereocenters. The van der Waals surface area contributed by atoms with Crippen molar-refractivity contribution < 1.29 is 9.47 Å². The number of rotatable bonds is 7. The first-order valence-corrected chi connectivity index (χ1v) is 10.1. The van der Waals surface area contributed by atoms with Crippen molar-refractivity contribution in [1.29, 1.82) is 0 Å². The Balaban J connectivity index is 1.77. The molecule has 0 fully saturated rings. The van der Waals surface area contributed by atoms with Gasteiger partial charge in [0.25, 0.3) is 0 Å². The van der Waals surface area contributed by atoms with Crippen LogP contribution in [-0.2, 0) is 6.61 Å². The quantitative estimate of drug-likeness (QED) is 0.380. The first-order valence-electron chi connectivity index (χ1n) is 9.30. The molecular formula is C24H24BrNO2. The SMILES string of the molecule is CCOc1cc(C=Nc2cc(C)ccc2C)ccc1OCc1ccc(Br)cc1. The third kappa shape index (κ3) is 5.46. The van der Waals surface area contributed by atoms with Crippen molar-refractivity contribution >= 4 is 27.8 Å². The minimum absolute atomic E-state index is 0.489. The Morgan fingerprint density at radius 1 is 0.893 bits per heavy atom. The van der Waals surface area contributed by atoms with Crippen molar-refractivity contribution in [2.24, 2.45) is 4.99 Å². The summed E-state index contributed by atoms with van der Waals surface area (Å²) in [6.45, 7) is 7.17. The topological polar surface area (TPSA) is 30.8 Å². The van der Waals surface area contributed by atoms with E-state index in [2.05, 4.69) is 53.0 Å². The molecule has 0 saturated carbocycles. The molecule has 0 N–H and O–H groups in total. The van der Waals surface area contributed by atoms with Gasteiger partial charge in [0.2, 0.25) is 0 Å². The molecule has 0 aliphatic rings. The van der Waals surface area contributed by atoms with Gasteiger partial charge in [-0.2, -0.15) is 0 Å². The maximum atomic E-state index is 5.98. The summed E-state index contributed by atoms with van der Waals surface area (Å²) in [5.41, 5.74) is 5.41. The normalized spacial score (nSPS) is 11.0. The second-order valence-electron chi connectivity index (χ2n) is 6.60. The zero-order valence-corrected chi connectivity index (χ0v) is 18.0. The van der Waals surface area contributed by atoms with Gasteiger partial charge in [0, 0.05) is 10.7 Å². The molecule has 0 spiro atoms. The van der Waals surface area contributed by atoms with Crippen molar-refractivity contribution in [2.75, 3.05) is 6.61 Å². The van der Waals surface area contributed by atoms with E-state index >= 15 is 0 Å². The highest BCUT2D eigenvalue weighted by Crippen LogP contribution is 2.29. The second-order valence-corrected chi connectivity index (χ2v) is 7.52. The molecule has 0 heterocycles. The lowest BCUT2D eigenvalue weighted by molar-refractivity contribution is 0.269. The van der Waals surface area contributed by atoms with Gasteiger partial charge in [-0.05, 0) is 79.4 Å². The average Bonchev–Trinajstić information content (AvgIpc) is 2.69. The Hall–Kier alpha value is -2.59. The largest absolute Gasteiger partial charge is 0.490 e. The summed E-state index contributed by atoms with van der Waals surface area (Å²) >= 11 is 3.45. The molecule has 0 unspecified atom stereocenters. The van der Waals surface area contributed by atoms with Gasteiger partial charge in [-0.25, -0.2) is 0 Å². The molecular weight excluding hydrogens is 414 g/mol. The van der Waals surface area contributed by atoms with Crippen LogP contribution in [0.4, 0.5) is 5.69 Å². The van der Waals surface area contributed by atoms with Gasteiger partial charge in [-0.1, -0.05) is 40.2 Å². The number of nitrogens with zero attached hydrogens (tertiary/aromatic N) is 1. The van der Waals surface area contributed by atoms with Crippen LogP contribution in [0.2, 0.25) is 0 Å². The van der Waals surface area contributed by atoms with Gasteiger partial charge < -0.3 is 9.47 Å². The maximum absolute atomic E-state index is 5.98. The van der Waals surface area contributed by atoms with Crippen LogP contribution < -0.4 is 9.47 Å². The predicted octanol–water partition coefficient (Wildman–Crippen LogP) is 6.79. The molecule has 0 bridgehead atoms.